The quantitative estimate of drug-likeness (QED) is 0.443. The summed E-state index contributed by atoms with van der Waals surface area (Å²) in [6, 6.07) is 7.21. The highest BCUT2D eigenvalue weighted by atomic mass is 19.1. The summed E-state index contributed by atoms with van der Waals surface area (Å²) in [7, 11) is 0. The van der Waals surface area contributed by atoms with Crippen LogP contribution in [0.4, 0.5) is 4.39 Å². The fourth-order valence-electron chi connectivity index (χ4n) is 2.40. The van der Waals surface area contributed by atoms with Crippen LogP contribution in [0, 0.1) is 5.82 Å². The lowest BCUT2D eigenvalue weighted by atomic mass is 9.84. The van der Waals surface area contributed by atoms with Crippen molar-refractivity contribution in [1.82, 2.24) is 0 Å². The summed E-state index contributed by atoms with van der Waals surface area (Å²) in [5.74, 6) is 0.518. The van der Waals surface area contributed by atoms with E-state index in [0.29, 0.717) is 5.92 Å². The highest BCUT2D eigenvalue weighted by molar-refractivity contribution is 5.21. The minimum atomic E-state index is -0.0191. The van der Waals surface area contributed by atoms with E-state index in [-0.39, 0.29) is 11.6 Å². The predicted molar refractivity (Wildman–Crippen MR) is 106 cm³/mol. The summed E-state index contributed by atoms with van der Waals surface area (Å²) in [5, 5.41) is 8.35. The molecule has 24 heavy (non-hydrogen) atoms. The maximum atomic E-state index is 13.4. The van der Waals surface area contributed by atoms with Gasteiger partial charge in [0.2, 0.25) is 0 Å². The number of rotatable bonds is 3. The molecule has 1 aliphatic carbocycles. The van der Waals surface area contributed by atoms with Gasteiger partial charge in [-0.2, -0.15) is 0 Å². The molecule has 1 aromatic rings. The van der Waals surface area contributed by atoms with E-state index in [4.69, 9.17) is 5.11 Å². The largest absolute Gasteiger partial charge is 0.509 e. The van der Waals surface area contributed by atoms with Crippen molar-refractivity contribution in [2.45, 2.75) is 65.7 Å². The third kappa shape index (κ3) is 11.7. The maximum Gasteiger partial charge on any atom is 0.126 e. The van der Waals surface area contributed by atoms with Crippen molar-refractivity contribution in [2.24, 2.45) is 0 Å². The number of allylic oxidation sites excluding steroid dienone is 3. The molecule has 0 saturated heterocycles. The van der Waals surface area contributed by atoms with Gasteiger partial charge in [-0.1, -0.05) is 90.5 Å². The van der Waals surface area contributed by atoms with Crippen molar-refractivity contribution in [1.29, 1.82) is 0 Å². The molecule has 0 aromatic heterocycles. The molecule has 0 unspecified atom stereocenters. The molecule has 1 nitrogen and oxygen atoms in total. The summed E-state index contributed by atoms with van der Waals surface area (Å²) >= 11 is 0. The van der Waals surface area contributed by atoms with Crippen LogP contribution in [-0.4, -0.2) is 5.11 Å². The van der Waals surface area contributed by atoms with Gasteiger partial charge in [-0.15, -0.1) is 0 Å². The zero-order chi connectivity index (χ0) is 18.8. The normalized spacial score (nSPS) is 13.4. The Kier molecular flexibility index (Phi) is 17.8. The summed E-state index contributed by atoms with van der Waals surface area (Å²) in [6.45, 7) is 14.6. The molecule has 2 rings (SSSR count). The summed E-state index contributed by atoms with van der Waals surface area (Å²) in [6.07, 6.45) is 10.8. The van der Waals surface area contributed by atoms with Crippen LogP contribution in [-0.2, 0) is 0 Å². The highest BCUT2D eigenvalue weighted by Crippen LogP contribution is 2.33. The fraction of sp³-hybridized carbons (Fsp3) is 0.455. The van der Waals surface area contributed by atoms with Crippen LogP contribution in [0.15, 0.2) is 61.4 Å². The molecule has 0 amide bonds. The van der Waals surface area contributed by atoms with Crippen molar-refractivity contribution in [3.05, 3.63) is 72.8 Å². The van der Waals surface area contributed by atoms with Crippen molar-refractivity contribution < 1.29 is 9.50 Å². The van der Waals surface area contributed by atoms with Gasteiger partial charge < -0.3 is 5.11 Å². The number of hydrogen-bond donors (Lipinski definition) is 1. The van der Waals surface area contributed by atoms with Crippen molar-refractivity contribution >= 4 is 0 Å². The van der Waals surface area contributed by atoms with Gasteiger partial charge in [0.15, 0.2) is 0 Å². The Bertz CT molecular complexity index is 457. The Hall–Kier alpha value is -1.83. The van der Waals surface area contributed by atoms with E-state index >= 15 is 0 Å². The smallest absolute Gasteiger partial charge is 0.126 e. The average Bonchev–Trinajstić information content (AvgIpc) is 2.65. The first-order chi connectivity index (χ1) is 11.6. The van der Waals surface area contributed by atoms with Gasteiger partial charge in [0.05, 0.1) is 0 Å². The summed E-state index contributed by atoms with van der Waals surface area (Å²) in [5.41, 5.74) is 0.933. The highest BCUT2D eigenvalue weighted by Gasteiger charge is 2.17. The van der Waals surface area contributed by atoms with E-state index < -0.39 is 0 Å². The van der Waals surface area contributed by atoms with E-state index in [0.717, 1.165) is 5.56 Å². The van der Waals surface area contributed by atoms with E-state index in [1.165, 1.54) is 38.2 Å². The molecule has 1 aliphatic rings. The Morgan fingerprint density at radius 1 is 1.08 bits per heavy atom. The first-order valence-corrected chi connectivity index (χ1v) is 9.06. The van der Waals surface area contributed by atoms with Crippen molar-refractivity contribution in [3.8, 4) is 0 Å². The first-order valence-electron chi connectivity index (χ1n) is 9.06. The molecular weight excluding hydrogens is 299 g/mol. The van der Waals surface area contributed by atoms with Gasteiger partial charge in [0, 0.05) is 0 Å². The van der Waals surface area contributed by atoms with Gasteiger partial charge in [0.1, 0.15) is 11.6 Å². The topological polar surface area (TPSA) is 20.2 Å². The van der Waals surface area contributed by atoms with E-state index in [1.54, 1.807) is 24.3 Å². The van der Waals surface area contributed by atoms with Gasteiger partial charge in [-0.3, -0.25) is 0 Å². The summed E-state index contributed by atoms with van der Waals surface area (Å²) in [4.78, 5) is 0. The molecule has 1 aromatic carbocycles. The van der Waals surface area contributed by atoms with Crippen LogP contribution in [0.1, 0.15) is 71.3 Å². The molecule has 2 heteroatoms. The zero-order valence-electron chi connectivity index (χ0n) is 15.9. The van der Waals surface area contributed by atoms with E-state index in [1.807, 2.05) is 39.8 Å². The van der Waals surface area contributed by atoms with Crippen LogP contribution in [0.3, 0.4) is 0 Å². The second-order valence-corrected chi connectivity index (χ2v) is 4.94. The third-order valence-corrected chi connectivity index (χ3v) is 3.37. The molecule has 0 heterocycles. The standard InChI is InChI=1S/C12H15F.C6H8O.2C2H6/c13-12-9-5-4-8-11(12)10-6-2-1-3-7-10;1-3-4-5-6(2)7;2*1-2/h4-5,8-10H,1-3,6-7H2;3-5,7H,1-2H2;2*1-2H3/b;5-4-;;. The molecule has 0 atom stereocenters. The number of halogens is 1. The van der Waals surface area contributed by atoms with Gasteiger partial charge >= 0.3 is 0 Å². The van der Waals surface area contributed by atoms with Crippen LogP contribution in [0.25, 0.3) is 0 Å². The Morgan fingerprint density at radius 2 is 1.62 bits per heavy atom. The first kappa shape index (κ1) is 24.4. The molecule has 0 radical (unpaired) electrons. The Morgan fingerprint density at radius 3 is 2.04 bits per heavy atom. The average molecular weight is 335 g/mol. The van der Waals surface area contributed by atoms with Crippen LogP contribution in [0.5, 0.6) is 0 Å². The van der Waals surface area contributed by atoms with Crippen molar-refractivity contribution in [3.63, 3.8) is 0 Å². The fourth-order valence-corrected chi connectivity index (χ4v) is 2.40. The van der Waals surface area contributed by atoms with Gasteiger partial charge in [0.25, 0.3) is 0 Å². The minimum absolute atomic E-state index is 0.0191. The number of hydrogen-bond acceptors (Lipinski definition) is 1. The predicted octanol–water partition coefficient (Wildman–Crippen LogP) is 7.73. The Balaban J connectivity index is 0. The Labute approximate surface area is 148 Å². The van der Waals surface area contributed by atoms with E-state index in [9.17, 15) is 4.39 Å². The monoisotopic (exact) mass is 334 g/mol. The molecule has 1 saturated carbocycles. The maximum absolute atomic E-state index is 13.4. The zero-order valence-corrected chi connectivity index (χ0v) is 15.9. The molecule has 0 aliphatic heterocycles. The van der Waals surface area contributed by atoms with Crippen molar-refractivity contribution in [2.75, 3.05) is 0 Å². The molecule has 0 spiro atoms. The van der Waals surface area contributed by atoms with E-state index in [2.05, 4.69) is 13.2 Å². The van der Waals surface area contributed by atoms with Crippen LogP contribution < -0.4 is 0 Å². The van der Waals surface area contributed by atoms with Gasteiger partial charge in [-0.25, -0.2) is 4.39 Å². The molecule has 1 N–H and O–H groups in total. The SMILES string of the molecule is C=C/C=C\C(=C)O.CC.CC.Fc1ccccc1C1CCCCC1. The second kappa shape index (κ2) is 17.5. The number of aliphatic hydroxyl groups is 1. The molecule has 0 bridgehead atoms. The lowest BCUT2D eigenvalue weighted by Crippen LogP contribution is -2.06. The number of aliphatic hydroxyl groups excluding tert-OH is 1. The minimum Gasteiger partial charge on any atom is -0.509 e. The molecule has 1 fully saturated rings. The third-order valence-electron chi connectivity index (χ3n) is 3.37. The number of benzene rings is 1. The molecule has 136 valence electrons. The van der Waals surface area contributed by atoms with Gasteiger partial charge in [-0.05, 0) is 36.5 Å². The van der Waals surface area contributed by atoms with Crippen LogP contribution >= 0.6 is 0 Å². The lowest BCUT2D eigenvalue weighted by Gasteiger charge is -2.22. The molecular formula is C22H35FO. The van der Waals surface area contributed by atoms with Crippen LogP contribution in [0.2, 0.25) is 0 Å². The summed E-state index contributed by atoms with van der Waals surface area (Å²) < 4.78 is 13.4. The second-order valence-electron chi connectivity index (χ2n) is 4.94. The lowest BCUT2D eigenvalue weighted by molar-refractivity contribution is 0.429.